The smallest absolute Gasteiger partial charge is 0.0728 e. The molecule has 0 spiro atoms. The van der Waals surface area contributed by atoms with Crippen LogP contribution in [0.5, 0.6) is 0 Å². The quantitative estimate of drug-likeness (QED) is 0.626. The number of nitrogens with one attached hydrogen (secondary N) is 1. The van der Waals surface area contributed by atoms with Gasteiger partial charge in [-0.05, 0) is 25.8 Å². The SMILES string of the molecule is CCCCCCC(NCC)C1CCCO1. The van der Waals surface area contributed by atoms with Crippen LogP contribution < -0.4 is 5.32 Å². The maximum absolute atomic E-state index is 5.76. The van der Waals surface area contributed by atoms with E-state index in [2.05, 4.69) is 19.2 Å². The van der Waals surface area contributed by atoms with Crippen LogP contribution in [-0.4, -0.2) is 25.3 Å². The van der Waals surface area contributed by atoms with Gasteiger partial charge in [0.25, 0.3) is 0 Å². The maximum atomic E-state index is 5.76. The Kier molecular flexibility index (Phi) is 7.03. The van der Waals surface area contributed by atoms with E-state index >= 15 is 0 Å². The summed E-state index contributed by atoms with van der Waals surface area (Å²) in [6.45, 7) is 6.50. The summed E-state index contributed by atoms with van der Waals surface area (Å²) >= 11 is 0. The predicted octanol–water partition coefficient (Wildman–Crippen LogP) is 3.11. The van der Waals surface area contributed by atoms with E-state index in [4.69, 9.17) is 4.74 Å². The Labute approximate surface area is 94.8 Å². The standard InChI is InChI=1S/C13H27NO/c1-3-5-6-7-9-12(14-4-2)13-10-8-11-15-13/h12-14H,3-11H2,1-2H3. The summed E-state index contributed by atoms with van der Waals surface area (Å²) in [5, 5.41) is 3.58. The second kappa shape index (κ2) is 8.12. The van der Waals surface area contributed by atoms with Crippen molar-refractivity contribution in [1.29, 1.82) is 0 Å². The van der Waals surface area contributed by atoms with Crippen LogP contribution in [0.15, 0.2) is 0 Å². The fourth-order valence-electron chi connectivity index (χ4n) is 2.39. The molecule has 0 aromatic rings. The lowest BCUT2D eigenvalue weighted by Gasteiger charge is -2.23. The van der Waals surface area contributed by atoms with Crippen LogP contribution in [0.25, 0.3) is 0 Å². The van der Waals surface area contributed by atoms with Crippen LogP contribution in [0.4, 0.5) is 0 Å². The first kappa shape index (κ1) is 13.0. The number of unbranched alkanes of at least 4 members (excludes halogenated alkanes) is 3. The third-order valence-electron chi connectivity index (χ3n) is 3.25. The zero-order chi connectivity index (χ0) is 10.9. The zero-order valence-electron chi connectivity index (χ0n) is 10.4. The van der Waals surface area contributed by atoms with Crippen molar-refractivity contribution in [2.75, 3.05) is 13.2 Å². The highest BCUT2D eigenvalue weighted by atomic mass is 16.5. The highest BCUT2D eigenvalue weighted by Gasteiger charge is 2.24. The lowest BCUT2D eigenvalue weighted by molar-refractivity contribution is 0.0752. The van der Waals surface area contributed by atoms with Crippen molar-refractivity contribution in [3.63, 3.8) is 0 Å². The summed E-state index contributed by atoms with van der Waals surface area (Å²) in [5.74, 6) is 0. The summed E-state index contributed by atoms with van der Waals surface area (Å²) in [6.07, 6.45) is 9.73. The average Bonchev–Trinajstić information content (AvgIpc) is 2.76. The molecule has 90 valence electrons. The van der Waals surface area contributed by atoms with Crippen LogP contribution in [0, 0.1) is 0 Å². The maximum Gasteiger partial charge on any atom is 0.0728 e. The van der Waals surface area contributed by atoms with Crippen LogP contribution in [0.1, 0.15) is 58.8 Å². The van der Waals surface area contributed by atoms with Crippen molar-refractivity contribution in [3.05, 3.63) is 0 Å². The van der Waals surface area contributed by atoms with E-state index in [1.54, 1.807) is 0 Å². The molecule has 0 bridgehead atoms. The van der Waals surface area contributed by atoms with Crippen molar-refractivity contribution >= 4 is 0 Å². The van der Waals surface area contributed by atoms with Crippen molar-refractivity contribution in [2.24, 2.45) is 0 Å². The van der Waals surface area contributed by atoms with Gasteiger partial charge in [-0.2, -0.15) is 0 Å². The van der Waals surface area contributed by atoms with E-state index in [1.165, 1.54) is 44.9 Å². The Morgan fingerprint density at radius 1 is 1.27 bits per heavy atom. The predicted molar refractivity (Wildman–Crippen MR) is 65.2 cm³/mol. The van der Waals surface area contributed by atoms with E-state index < -0.39 is 0 Å². The van der Waals surface area contributed by atoms with E-state index in [-0.39, 0.29) is 0 Å². The van der Waals surface area contributed by atoms with Gasteiger partial charge in [0.15, 0.2) is 0 Å². The summed E-state index contributed by atoms with van der Waals surface area (Å²) in [4.78, 5) is 0. The summed E-state index contributed by atoms with van der Waals surface area (Å²) in [7, 11) is 0. The average molecular weight is 213 g/mol. The molecule has 1 saturated heterocycles. The Bertz CT molecular complexity index is 143. The van der Waals surface area contributed by atoms with Gasteiger partial charge >= 0.3 is 0 Å². The monoisotopic (exact) mass is 213 g/mol. The highest BCUT2D eigenvalue weighted by Crippen LogP contribution is 2.19. The van der Waals surface area contributed by atoms with E-state index in [0.717, 1.165) is 13.2 Å². The molecule has 0 radical (unpaired) electrons. The molecule has 0 amide bonds. The molecule has 2 nitrogen and oxygen atoms in total. The molecule has 1 aliphatic heterocycles. The first-order valence-electron chi connectivity index (χ1n) is 6.73. The van der Waals surface area contributed by atoms with Crippen molar-refractivity contribution in [2.45, 2.75) is 70.9 Å². The lowest BCUT2D eigenvalue weighted by atomic mass is 10.0. The summed E-state index contributed by atoms with van der Waals surface area (Å²) in [6, 6.07) is 0.606. The molecule has 1 aliphatic rings. The van der Waals surface area contributed by atoms with Crippen molar-refractivity contribution in [1.82, 2.24) is 5.32 Å². The normalized spacial score (nSPS) is 23.2. The van der Waals surface area contributed by atoms with Gasteiger partial charge in [0.05, 0.1) is 6.10 Å². The molecule has 0 aliphatic carbocycles. The molecule has 2 unspecified atom stereocenters. The minimum absolute atomic E-state index is 0.492. The molecule has 1 fully saturated rings. The van der Waals surface area contributed by atoms with Crippen LogP contribution in [-0.2, 0) is 4.74 Å². The lowest BCUT2D eigenvalue weighted by Crippen LogP contribution is -2.39. The van der Waals surface area contributed by atoms with Crippen LogP contribution in [0.2, 0.25) is 0 Å². The zero-order valence-corrected chi connectivity index (χ0v) is 10.4. The van der Waals surface area contributed by atoms with Gasteiger partial charge in [-0.3, -0.25) is 0 Å². The van der Waals surface area contributed by atoms with Gasteiger partial charge < -0.3 is 10.1 Å². The van der Waals surface area contributed by atoms with Gasteiger partial charge in [0.2, 0.25) is 0 Å². The Morgan fingerprint density at radius 2 is 2.13 bits per heavy atom. The molecular formula is C13H27NO. The fourth-order valence-corrected chi connectivity index (χ4v) is 2.39. The number of hydrogen-bond acceptors (Lipinski definition) is 2. The van der Waals surface area contributed by atoms with Gasteiger partial charge in [0, 0.05) is 12.6 Å². The first-order chi connectivity index (χ1) is 7.38. The largest absolute Gasteiger partial charge is 0.377 e. The molecule has 1 heterocycles. The molecule has 1 rings (SSSR count). The number of ether oxygens (including phenoxy) is 1. The molecule has 15 heavy (non-hydrogen) atoms. The summed E-state index contributed by atoms with van der Waals surface area (Å²) < 4.78 is 5.76. The van der Waals surface area contributed by atoms with Gasteiger partial charge in [-0.1, -0.05) is 39.5 Å². The Hall–Kier alpha value is -0.0800. The fraction of sp³-hybridized carbons (Fsp3) is 1.00. The molecular weight excluding hydrogens is 186 g/mol. The minimum Gasteiger partial charge on any atom is -0.377 e. The molecule has 2 atom stereocenters. The van der Waals surface area contributed by atoms with Crippen molar-refractivity contribution in [3.8, 4) is 0 Å². The number of likely N-dealkylation sites (N-methyl/N-ethyl adjacent to an activating group) is 1. The topological polar surface area (TPSA) is 21.3 Å². The van der Waals surface area contributed by atoms with E-state index in [9.17, 15) is 0 Å². The second-order valence-corrected chi connectivity index (χ2v) is 4.56. The van der Waals surface area contributed by atoms with E-state index in [0.29, 0.717) is 12.1 Å². The van der Waals surface area contributed by atoms with Gasteiger partial charge in [-0.15, -0.1) is 0 Å². The van der Waals surface area contributed by atoms with Crippen LogP contribution in [0.3, 0.4) is 0 Å². The third-order valence-corrected chi connectivity index (χ3v) is 3.25. The Morgan fingerprint density at radius 3 is 2.73 bits per heavy atom. The van der Waals surface area contributed by atoms with Crippen molar-refractivity contribution < 1.29 is 4.74 Å². The second-order valence-electron chi connectivity index (χ2n) is 4.56. The van der Waals surface area contributed by atoms with Gasteiger partial charge in [0.1, 0.15) is 0 Å². The molecule has 0 aromatic carbocycles. The number of rotatable bonds is 8. The third kappa shape index (κ3) is 4.98. The Balaban J connectivity index is 2.17. The molecule has 0 saturated carbocycles. The summed E-state index contributed by atoms with van der Waals surface area (Å²) in [5.41, 5.74) is 0. The molecule has 0 aromatic heterocycles. The first-order valence-corrected chi connectivity index (χ1v) is 6.73. The minimum atomic E-state index is 0.492. The number of hydrogen-bond donors (Lipinski definition) is 1. The van der Waals surface area contributed by atoms with E-state index in [1.807, 2.05) is 0 Å². The molecule has 2 heteroatoms. The van der Waals surface area contributed by atoms with Crippen LogP contribution >= 0.6 is 0 Å². The molecule has 1 N–H and O–H groups in total. The highest BCUT2D eigenvalue weighted by molar-refractivity contribution is 4.80. The van der Waals surface area contributed by atoms with Gasteiger partial charge in [-0.25, -0.2) is 0 Å².